The normalized spacial score (nSPS) is 11.1. The molecule has 1 heterocycles. The van der Waals surface area contributed by atoms with Crippen LogP contribution in [-0.2, 0) is 0 Å². The number of nitrogens with zero attached hydrogens (tertiary/aromatic N) is 3. The molecule has 1 aromatic rings. The number of aromatic nitrogens is 2. The Bertz CT molecular complexity index is 301. The van der Waals surface area contributed by atoms with Gasteiger partial charge in [0.1, 0.15) is 5.82 Å². The van der Waals surface area contributed by atoms with Crippen LogP contribution in [0.4, 0.5) is 5.13 Å². The van der Waals surface area contributed by atoms with Gasteiger partial charge in [-0.15, -0.1) is 11.6 Å². The summed E-state index contributed by atoms with van der Waals surface area (Å²) >= 11 is 7.13. The van der Waals surface area contributed by atoms with Gasteiger partial charge in [0.2, 0.25) is 5.13 Å². The van der Waals surface area contributed by atoms with E-state index < -0.39 is 0 Å². The maximum absolute atomic E-state index is 5.64. The minimum Gasteiger partial charge on any atom is -0.350 e. The molecule has 0 N–H and O–H groups in total. The largest absolute Gasteiger partial charge is 0.350 e. The molecular formula is C11H20ClN3S. The predicted molar refractivity (Wildman–Crippen MR) is 71.8 cm³/mol. The predicted octanol–water partition coefficient (Wildman–Crippen LogP) is 3.51. The van der Waals surface area contributed by atoms with Crippen LogP contribution < -0.4 is 4.90 Å². The lowest BCUT2D eigenvalue weighted by Crippen LogP contribution is -2.18. The lowest BCUT2D eigenvalue weighted by Gasteiger charge is -2.14. The molecule has 0 aliphatic heterocycles. The fraction of sp³-hybridized carbons (Fsp3) is 0.818. The Morgan fingerprint density at radius 3 is 2.62 bits per heavy atom. The van der Waals surface area contributed by atoms with Crippen LogP contribution in [0.25, 0.3) is 0 Å². The topological polar surface area (TPSA) is 29.0 Å². The van der Waals surface area contributed by atoms with Gasteiger partial charge in [0.15, 0.2) is 0 Å². The Kier molecular flexibility index (Phi) is 6.06. The molecule has 92 valence electrons. The molecule has 3 nitrogen and oxygen atoms in total. The van der Waals surface area contributed by atoms with Crippen molar-refractivity contribution in [2.75, 3.05) is 24.4 Å². The van der Waals surface area contributed by atoms with E-state index in [0.29, 0.717) is 5.92 Å². The van der Waals surface area contributed by atoms with Crippen LogP contribution in [0.5, 0.6) is 0 Å². The summed E-state index contributed by atoms with van der Waals surface area (Å²) in [6, 6.07) is 0. The van der Waals surface area contributed by atoms with Crippen LogP contribution in [-0.4, -0.2) is 28.8 Å². The average molecular weight is 262 g/mol. The molecule has 0 fully saturated rings. The summed E-state index contributed by atoms with van der Waals surface area (Å²) < 4.78 is 4.35. The molecule has 5 heteroatoms. The second-order valence-electron chi connectivity index (χ2n) is 4.26. The van der Waals surface area contributed by atoms with E-state index in [4.69, 9.17) is 11.6 Å². The van der Waals surface area contributed by atoms with Crippen molar-refractivity contribution in [2.24, 2.45) is 0 Å². The number of alkyl halides is 1. The van der Waals surface area contributed by atoms with Gasteiger partial charge in [-0.25, -0.2) is 4.98 Å². The summed E-state index contributed by atoms with van der Waals surface area (Å²) in [5, 5.41) is 1.02. The van der Waals surface area contributed by atoms with Gasteiger partial charge in [-0.3, -0.25) is 0 Å². The molecule has 0 aromatic carbocycles. The third kappa shape index (κ3) is 4.26. The molecule has 1 rings (SSSR count). The second-order valence-corrected chi connectivity index (χ2v) is 5.37. The zero-order valence-corrected chi connectivity index (χ0v) is 11.8. The van der Waals surface area contributed by atoms with Gasteiger partial charge >= 0.3 is 0 Å². The van der Waals surface area contributed by atoms with E-state index in [0.717, 1.165) is 29.8 Å². The third-order valence-corrected chi connectivity index (χ3v) is 3.51. The summed E-state index contributed by atoms with van der Waals surface area (Å²) in [5.74, 6) is 2.13. The van der Waals surface area contributed by atoms with Crippen molar-refractivity contribution in [1.82, 2.24) is 9.36 Å². The fourth-order valence-electron chi connectivity index (χ4n) is 1.33. The highest BCUT2D eigenvalue weighted by molar-refractivity contribution is 7.09. The first-order chi connectivity index (χ1) is 7.65. The fourth-order valence-corrected chi connectivity index (χ4v) is 2.31. The zero-order chi connectivity index (χ0) is 12.0. The molecule has 0 unspecified atom stereocenters. The number of anilines is 1. The maximum Gasteiger partial charge on any atom is 0.204 e. The van der Waals surface area contributed by atoms with Crippen LogP contribution in [0.3, 0.4) is 0 Å². The van der Waals surface area contributed by atoms with E-state index in [1.165, 1.54) is 24.4 Å². The number of rotatable bonds is 7. The summed E-state index contributed by atoms with van der Waals surface area (Å²) in [6.45, 7) is 5.27. The minimum absolute atomic E-state index is 0.412. The third-order valence-electron chi connectivity index (χ3n) is 2.40. The van der Waals surface area contributed by atoms with Crippen LogP contribution in [0.2, 0.25) is 0 Å². The Balaban J connectivity index is 2.37. The van der Waals surface area contributed by atoms with E-state index in [2.05, 4.69) is 35.2 Å². The van der Waals surface area contributed by atoms with Crippen molar-refractivity contribution in [3.63, 3.8) is 0 Å². The van der Waals surface area contributed by atoms with Crippen molar-refractivity contribution in [2.45, 2.75) is 39.0 Å². The van der Waals surface area contributed by atoms with Gasteiger partial charge in [-0.2, -0.15) is 4.37 Å². The van der Waals surface area contributed by atoms with Gasteiger partial charge in [-0.1, -0.05) is 20.3 Å². The first-order valence-electron chi connectivity index (χ1n) is 5.76. The van der Waals surface area contributed by atoms with Crippen LogP contribution in [0.1, 0.15) is 44.9 Å². The van der Waals surface area contributed by atoms with Gasteiger partial charge < -0.3 is 4.90 Å². The highest BCUT2D eigenvalue weighted by atomic mass is 35.5. The molecule has 0 bridgehead atoms. The standard InChI is InChI=1S/C11H20ClN3S/c1-9(2)10-13-11(16-14-10)15(3)8-6-4-5-7-12/h9H,4-8H2,1-3H3. The van der Waals surface area contributed by atoms with Crippen molar-refractivity contribution in [3.05, 3.63) is 5.82 Å². The van der Waals surface area contributed by atoms with Crippen molar-refractivity contribution < 1.29 is 0 Å². The van der Waals surface area contributed by atoms with E-state index in [9.17, 15) is 0 Å². The summed E-state index contributed by atoms with van der Waals surface area (Å²) in [4.78, 5) is 6.69. The zero-order valence-electron chi connectivity index (χ0n) is 10.2. The molecule has 0 atom stereocenters. The van der Waals surface area contributed by atoms with E-state index in [1.807, 2.05) is 0 Å². The molecule has 0 spiro atoms. The van der Waals surface area contributed by atoms with Crippen molar-refractivity contribution in [1.29, 1.82) is 0 Å². The second kappa shape index (κ2) is 7.07. The minimum atomic E-state index is 0.412. The lowest BCUT2D eigenvalue weighted by molar-refractivity contribution is 0.704. The summed E-state index contributed by atoms with van der Waals surface area (Å²) in [5.41, 5.74) is 0. The number of hydrogen-bond acceptors (Lipinski definition) is 4. The molecule has 0 saturated heterocycles. The Morgan fingerprint density at radius 2 is 2.06 bits per heavy atom. The highest BCUT2D eigenvalue weighted by Crippen LogP contribution is 2.20. The lowest BCUT2D eigenvalue weighted by atomic mass is 10.2. The molecule has 0 saturated carbocycles. The van der Waals surface area contributed by atoms with Gasteiger partial charge in [0.05, 0.1) is 0 Å². The SMILES string of the molecule is CC(C)c1nsc(N(C)CCCCCCl)n1. The average Bonchev–Trinajstić information content (AvgIpc) is 2.73. The van der Waals surface area contributed by atoms with Gasteiger partial charge in [0.25, 0.3) is 0 Å². The van der Waals surface area contributed by atoms with Gasteiger partial charge in [0, 0.05) is 36.9 Å². The summed E-state index contributed by atoms with van der Waals surface area (Å²) in [6.07, 6.45) is 3.45. The summed E-state index contributed by atoms with van der Waals surface area (Å²) in [7, 11) is 2.07. The van der Waals surface area contributed by atoms with E-state index >= 15 is 0 Å². The van der Waals surface area contributed by atoms with Gasteiger partial charge in [-0.05, 0) is 12.8 Å². The van der Waals surface area contributed by atoms with Crippen molar-refractivity contribution in [3.8, 4) is 0 Å². The van der Waals surface area contributed by atoms with Crippen molar-refractivity contribution >= 4 is 28.3 Å². The van der Waals surface area contributed by atoms with E-state index in [-0.39, 0.29) is 0 Å². The maximum atomic E-state index is 5.64. The molecule has 16 heavy (non-hydrogen) atoms. The molecule has 0 radical (unpaired) electrons. The molecular weight excluding hydrogens is 242 g/mol. The molecule has 1 aromatic heterocycles. The molecule has 0 aliphatic rings. The number of hydrogen-bond donors (Lipinski definition) is 0. The Morgan fingerprint density at radius 1 is 1.31 bits per heavy atom. The monoisotopic (exact) mass is 261 g/mol. The number of halogens is 1. The highest BCUT2D eigenvalue weighted by Gasteiger charge is 2.10. The molecule has 0 aliphatic carbocycles. The van der Waals surface area contributed by atoms with Crippen LogP contribution in [0.15, 0.2) is 0 Å². The first-order valence-corrected chi connectivity index (χ1v) is 7.06. The van der Waals surface area contributed by atoms with Crippen LogP contribution >= 0.6 is 23.1 Å². The van der Waals surface area contributed by atoms with E-state index in [1.54, 1.807) is 0 Å². The molecule has 0 amide bonds. The Hall–Kier alpha value is -0.350. The Labute approximate surface area is 107 Å². The smallest absolute Gasteiger partial charge is 0.204 e. The van der Waals surface area contributed by atoms with Crippen LogP contribution in [0, 0.1) is 0 Å². The quantitative estimate of drug-likeness (QED) is 0.556. The first kappa shape index (κ1) is 13.7. The number of unbranched alkanes of at least 4 members (excludes halogenated alkanes) is 2.